The molecule has 3 rings (SSSR count). The second-order valence-electron chi connectivity index (χ2n) is 6.09. The number of para-hydroxylation sites is 1. The third-order valence-corrected chi connectivity index (χ3v) is 4.94. The third-order valence-electron chi connectivity index (χ3n) is 3.95. The fraction of sp³-hybridized carbons (Fsp3) is 0.0952. The highest BCUT2D eigenvalue weighted by atomic mass is 32.2. The first-order chi connectivity index (χ1) is 14.6. The number of nitrogens with two attached hydrogens (primary N) is 1. The molecule has 2 heterocycles. The number of nitrogens with zero attached hydrogens (tertiary/aromatic N) is 3. The number of benzene rings is 1. The fourth-order valence-corrected chi connectivity index (χ4v) is 3.27. The molecule has 9 heteroatoms. The number of nitrogens with one attached hydrogen (secondary N) is 2. The topological polar surface area (TPSA) is 134 Å². The van der Waals surface area contributed by atoms with Crippen LogP contribution in [0, 0.1) is 11.3 Å². The van der Waals surface area contributed by atoms with E-state index in [1.54, 1.807) is 36.5 Å². The van der Waals surface area contributed by atoms with Crippen LogP contribution in [0.25, 0.3) is 0 Å². The van der Waals surface area contributed by atoms with Crippen molar-refractivity contribution in [3.05, 3.63) is 77.6 Å². The number of anilines is 2. The van der Waals surface area contributed by atoms with Gasteiger partial charge in [0.25, 0.3) is 5.91 Å². The van der Waals surface area contributed by atoms with Gasteiger partial charge in [0.2, 0.25) is 5.91 Å². The van der Waals surface area contributed by atoms with Gasteiger partial charge in [-0.15, -0.1) is 0 Å². The Hall–Kier alpha value is -3.90. The monoisotopic (exact) mass is 418 g/mol. The number of nitriles is 1. The van der Waals surface area contributed by atoms with E-state index in [0.29, 0.717) is 17.3 Å². The summed E-state index contributed by atoms with van der Waals surface area (Å²) >= 11 is 1.08. The predicted molar refractivity (Wildman–Crippen MR) is 115 cm³/mol. The lowest BCUT2D eigenvalue weighted by Crippen LogP contribution is -2.25. The summed E-state index contributed by atoms with van der Waals surface area (Å²) in [5, 5.41) is 15.2. The van der Waals surface area contributed by atoms with Gasteiger partial charge in [-0.2, -0.15) is 5.26 Å². The Kier molecular flexibility index (Phi) is 6.97. The molecule has 8 nitrogen and oxygen atoms in total. The average Bonchev–Trinajstić information content (AvgIpc) is 2.77. The summed E-state index contributed by atoms with van der Waals surface area (Å²) in [6.45, 7) is 0.305. The van der Waals surface area contributed by atoms with Crippen molar-refractivity contribution in [1.82, 2.24) is 15.3 Å². The second kappa shape index (κ2) is 10.0. The molecular formula is C21H18N6O2S. The molecule has 0 aliphatic rings. The van der Waals surface area contributed by atoms with Crippen molar-refractivity contribution in [2.75, 3.05) is 16.8 Å². The van der Waals surface area contributed by atoms with E-state index in [4.69, 9.17) is 5.73 Å². The van der Waals surface area contributed by atoms with E-state index in [1.807, 2.05) is 24.3 Å². The van der Waals surface area contributed by atoms with Crippen molar-refractivity contribution in [3.63, 3.8) is 0 Å². The Morgan fingerprint density at radius 1 is 1.13 bits per heavy atom. The van der Waals surface area contributed by atoms with Gasteiger partial charge in [0.15, 0.2) is 0 Å². The molecule has 30 heavy (non-hydrogen) atoms. The Morgan fingerprint density at radius 2 is 1.90 bits per heavy atom. The van der Waals surface area contributed by atoms with Crippen LogP contribution in [0.2, 0.25) is 0 Å². The number of pyridine rings is 2. The van der Waals surface area contributed by atoms with Gasteiger partial charge in [-0.3, -0.25) is 14.6 Å². The predicted octanol–water partition coefficient (Wildman–Crippen LogP) is 2.59. The second-order valence-corrected chi connectivity index (χ2v) is 7.06. The molecular weight excluding hydrogens is 400 g/mol. The Labute approximate surface area is 177 Å². The van der Waals surface area contributed by atoms with Gasteiger partial charge in [0, 0.05) is 11.9 Å². The lowest BCUT2D eigenvalue weighted by Gasteiger charge is -2.10. The van der Waals surface area contributed by atoms with Gasteiger partial charge in [-0.05, 0) is 30.3 Å². The minimum absolute atomic E-state index is 0.0150. The number of carbonyl (C=O) groups is 2. The number of nitrogen functional groups attached to an aromatic ring is 1. The van der Waals surface area contributed by atoms with Crippen molar-refractivity contribution in [3.8, 4) is 6.07 Å². The molecule has 4 N–H and O–H groups in total. The van der Waals surface area contributed by atoms with Gasteiger partial charge >= 0.3 is 0 Å². The Bertz CT molecular complexity index is 1080. The van der Waals surface area contributed by atoms with Gasteiger partial charge in [0.05, 0.1) is 29.1 Å². The van der Waals surface area contributed by atoms with Crippen molar-refractivity contribution >= 4 is 35.1 Å². The largest absolute Gasteiger partial charge is 0.383 e. The Morgan fingerprint density at radius 3 is 2.60 bits per heavy atom. The van der Waals surface area contributed by atoms with Gasteiger partial charge < -0.3 is 16.4 Å². The maximum absolute atomic E-state index is 12.5. The summed E-state index contributed by atoms with van der Waals surface area (Å²) in [6.07, 6.45) is 1.65. The summed E-state index contributed by atoms with van der Waals surface area (Å²) in [4.78, 5) is 32.9. The van der Waals surface area contributed by atoms with Crippen molar-refractivity contribution < 1.29 is 9.59 Å². The summed E-state index contributed by atoms with van der Waals surface area (Å²) in [7, 11) is 0. The number of aromatic nitrogens is 2. The van der Waals surface area contributed by atoms with Crippen LogP contribution in [-0.2, 0) is 11.3 Å². The molecule has 0 bridgehead atoms. The number of carbonyl (C=O) groups excluding carboxylic acids is 2. The average molecular weight is 418 g/mol. The first-order valence-corrected chi connectivity index (χ1v) is 9.92. The number of hydrogen-bond acceptors (Lipinski definition) is 7. The summed E-state index contributed by atoms with van der Waals surface area (Å²) in [5.74, 6) is -0.671. The van der Waals surface area contributed by atoms with Crippen molar-refractivity contribution in [2.24, 2.45) is 0 Å². The number of hydrogen-bond donors (Lipinski definition) is 3. The quantitative estimate of drug-likeness (QED) is 0.502. The number of rotatable bonds is 7. The van der Waals surface area contributed by atoms with Crippen molar-refractivity contribution in [2.45, 2.75) is 11.6 Å². The van der Waals surface area contributed by atoms with Gasteiger partial charge in [-0.1, -0.05) is 36.0 Å². The van der Waals surface area contributed by atoms with Gasteiger partial charge in [-0.25, -0.2) is 4.98 Å². The molecule has 0 fully saturated rings. The minimum atomic E-state index is -0.465. The van der Waals surface area contributed by atoms with Crippen LogP contribution in [0.4, 0.5) is 11.5 Å². The maximum Gasteiger partial charge on any atom is 0.259 e. The first-order valence-electron chi connectivity index (χ1n) is 8.93. The molecule has 150 valence electrons. The third kappa shape index (κ3) is 5.56. The van der Waals surface area contributed by atoms with Crippen LogP contribution in [0.5, 0.6) is 0 Å². The van der Waals surface area contributed by atoms with E-state index >= 15 is 0 Å². The number of amides is 2. The fourth-order valence-electron chi connectivity index (χ4n) is 2.48. The molecule has 0 unspecified atom stereocenters. The van der Waals surface area contributed by atoms with E-state index in [1.165, 1.54) is 6.07 Å². The standard InChI is InChI=1S/C21H18N6O2S/c22-11-14-10-17(20(29)26-15-6-2-1-3-7-15)19(23)27-21(14)30-13-18(28)25-12-16-8-4-5-9-24-16/h1-10H,12-13H2,(H2,23,27)(H,25,28)(H,26,29). The van der Waals surface area contributed by atoms with Crippen LogP contribution in [0.3, 0.4) is 0 Å². The van der Waals surface area contributed by atoms with Gasteiger partial charge in [0.1, 0.15) is 16.9 Å². The smallest absolute Gasteiger partial charge is 0.259 e. The molecule has 2 amide bonds. The zero-order chi connectivity index (χ0) is 21.3. The minimum Gasteiger partial charge on any atom is -0.383 e. The number of thioether (sulfide) groups is 1. The maximum atomic E-state index is 12.5. The van der Waals surface area contributed by atoms with Crippen LogP contribution < -0.4 is 16.4 Å². The van der Waals surface area contributed by atoms with E-state index in [-0.39, 0.29) is 28.6 Å². The van der Waals surface area contributed by atoms with Crippen LogP contribution >= 0.6 is 11.8 Å². The molecule has 0 saturated heterocycles. The van der Waals surface area contributed by atoms with Crippen LogP contribution in [0.1, 0.15) is 21.6 Å². The molecule has 0 aliphatic heterocycles. The molecule has 0 atom stereocenters. The summed E-state index contributed by atoms with van der Waals surface area (Å²) in [5.41, 5.74) is 7.55. The Balaban J connectivity index is 1.64. The lowest BCUT2D eigenvalue weighted by atomic mass is 10.2. The normalized spacial score (nSPS) is 10.1. The highest BCUT2D eigenvalue weighted by molar-refractivity contribution is 8.00. The van der Waals surface area contributed by atoms with Crippen LogP contribution in [0.15, 0.2) is 65.8 Å². The SMILES string of the molecule is N#Cc1cc(C(=O)Nc2ccccc2)c(N)nc1SCC(=O)NCc1ccccn1. The lowest BCUT2D eigenvalue weighted by molar-refractivity contribution is -0.118. The van der Waals surface area contributed by atoms with Crippen LogP contribution in [-0.4, -0.2) is 27.5 Å². The van der Waals surface area contributed by atoms with E-state index in [9.17, 15) is 14.9 Å². The molecule has 0 radical (unpaired) electrons. The molecule has 0 aliphatic carbocycles. The molecule has 3 aromatic rings. The summed E-state index contributed by atoms with van der Waals surface area (Å²) in [6, 6.07) is 17.7. The van der Waals surface area contributed by atoms with E-state index in [2.05, 4.69) is 20.6 Å². The van der Waals surface area contributed by atoms with E-state index < -0.39 is 5.91 Å². The molecule has 0 spiro atoms. The first kappa shape index (κ1) is 20.8. The zero-order valence-corrected chi connectivity index (χ0v) is 16.6. The summed E-state index contributed by atoms with van der Waals surface area (Å²) < 4.78 is 0. The highest BCUT2D eigenvalue weighted by Crippen LogP contribution is 2.24. The molecule has 2 aromatic heterocycles. The highest BCUT2D eigenvalue weighted by Gasteiger charge is 2.17. The van der Waals surface area contributed by atoms with E-state index in [0.717, 1.165) is 17.5 Å². The van der Waals surface area contributed by atoms with Crippen molar-refractivity contribution in [1.29, 1.82) is 5.26 Å². The molecule has 1 aromatic carbocycles. The molecule has 0 saturated carbocycles. The zero-order valence-electron chi connectivity index (χ0n) is 15.8.